The highest BCUT2D eigenvalue weighted by Gasteiger charge is 2.33. The molecule has 0 aromatic rings. The predicted molar refractivity (Wildman–Crippen MR) is 77.9 cm³/mol. The van der Waals surface area contributed by atoms with Crippen LogP contribution in [0.1, 0.15) is 44.9 Å². The summed E-state index contributed by atoms with van der Waals surface area (Å²) >= 11 is 0. The third-order valence-corrected chi connectivity index (χ3v) is 4.57. The average Bonchev–Trinajstić information content (AvgIpc) is 3.13. The molecule has 1 aliphatic carbocycles. The van der Waals surface area contributed by atoms with Crippen LogP contribution in [0.25, 0.3) is 0 Å². The maximum absolute atomic E-state index is 12.4. The molecule has 1 aliphatic heterocycles. The van der Waals surface area contributed by atoms with E-state index in [1.54, 1.807) is 0 Å². The summed E-state index contributed by atoms with van der Waals surface area (Å²) in [5.41, 5.74) is 5.85. The normalized spacial score (nSPS) is 23.0. The highest BCUT2D eigenvalue weighted by molar-refractivity contribution is 5.78. The van der Waals surface area contributed by atoms with Crippen molar-refractivity contribution in [2.24, 2.45) is 11.7 Å². The number of nitrogens with zero attached hydrogens (tertiary/aromatic N) is 2. The summed E-state index contributed by atoms with van der Waals surface area (Å²) in [5.74, 6) is 1.03. The van der Waals surface area contributed by atoms with Crippen LogP contribution < -0.4 is 5.73 Å². The maximum atomic E-state index is 12.4. The van der Waals surface area contributed by atoms with Crippen LogP contribution in [0.5, 0.6) is 0 Å². The van der Waals surface area contributed by atoms with Crippen LogP contribution in [0.4, 0.5) is 0 Å². The topological polar surface area (TPSA) is 49.6 Å². The first-order valence-corrected chi connectivity index (χ1v) is 7.90. The lowest BCUT2D eigenvalue weighted by molar-refractivity contribution is -0.133. The largest absolute Gasteiger partial charge is 0.342 e. The molecule has 110 valence electrons. The van der Waals surface area contributed by atoms with Crippen LogP contribution in [0.2, 0.25) is 0 Å². The first kappa shape index (κ1) is 14.8. The molecule has 2 aliphatic rings. The van der Waals surface area contributed by atoms with Crippen molar-refractivity contribution >= 4 is 5.91 Å². The van der Waals surface area contributed by atoms with Gasteiger partial charge in [-0.25, -0.2) is 0 Å². The number of amides is 1. The quantitative estimate of drug-likeness (QED) is 0.820. The van der Waals surface area contributed by atoms with E-state index < -0.39 is 0 Å². The van der Waals surface area contributed by atoms with Gasteiger partial charge >= 0.3 is 0 Å². The number of carbonyl (C=O) groups is 1. The smallest absolute Gasteiger partial charge is 0.236 e. The van der Waals surface area contributed by atoms with Gasteiger partial charge in [-0.15, -0.1) is 0 Å². The van der Waals surface area contributed by atoms with Crippen molar-refractivity contribution in [3.05, 3.63) is 0 Å². The molecule has 0 radical (unpaired) electrons. The van der Waals surface area contributed by atoms with Crippen LogP contribution in [0, 0.1) is 5.92 Å². The van der Waals surface area contributed by atoms with Gasteiger partial charge in [0.15, 0.2) is 0 Å². The zero-order valence-corrected chi connectivity index (χ0v) is 12.3. The van der Waals surface area contributed by atoms with Crippen molar-refractivity contribution in [2.75, 3.05) is 33.2 Å². The van der Waals surface area contributed by atoms with Crippen molar-refractivity contribution in [1.29, 1.82) is 0 Å². The van der Waals surface area contributed by atoms with Gasteiger partial charge in [0.05, 0.1) is 6.54 Å². The Morgan fingerprint density at radius 2 is 1.79 bits per heavy atom. The summed E-state index contributed by atoms with van der Waals surface area (Å²) in [6, 6.07) is 0.402. The van der Waals surface area contributed by atoms with E-state index in [0.717, 1.165) is 19.0 Å². The van der Waals surface area contributed by atoms with E-state index in [2.05, 4.69) is 16.8 Å². The zero-order chi connectivity index (χ0) is 13.7. The van der Waals surface area contributed by atoms with E-state index in [0.29, 0.717) is 25.0 Å². The monoisotopic (exact) mass is 267 g/mol. The molecule has 4 heteroatoms. The Hall–Kier alpha value is -0.610. The van der Waals surface area contributed by atoms with E-state index in [1.807, 2.05) is 0 Å². The summed E-state index contributed by atoms with van der Waals surface area (Å²) in [6.45, 7) is 3.11. The zero-order valence-electron chi connectivity index (χ0n) is 12.3. The first-order valence-electron chi connectivity index (χ1n) is 7.90. The Labute approximate surface area is 117 Å². The number of hydrogen-bond acceptors (Lipinski definition) is 3. The number of hydrogen-bond donors (Lipinski definition) is 1. The fourth-order valence-electron chi connectivity index (χ4n) is 3.14. The van der Waals surface area contributed by atoms with Crippen LogP contribution >= 0.6 is 0 Å². The minimum absolute atomic E-state index is 0.295. The van der Waals surface area contributed by atoms with E-state index in [-0.39, 0.29) is 0 Å². The molecule has 0 spiro atoms. The Morgan fingerprint density at radius 3 is 2.32 bits per heavy atom. The molecule has 0 aromatic carbocycles. The van der Waals surface area contributed by atoms with Crippen LogP contribution in [-0.4, -0.2) is 55.0 Å². The van der Waals surface area contributed by atoms with Crippen molar-refractivity contribution in [3.8, 4) is 0 Å². The highest BCUT2D eigenvalue weighted by Crippen LogP contribution is 2.34. The van der Waals surface area contributed by atoms with E-state index in [4.69, 9.17) is 5.73 Å². The number of nitrogens with two attached hydrogens (primary N) is 1. The summed E-state index contributed by atoms with van der Waals surface area (Å²) in [6.07, 6.45) is 8.77. The number of carbonyl (C=O) groups excluding carboxylic acids is 1. The Bertz CT molecular complexity index is 283. The second-order valence-corrected chi connectivity index (χ2v) is 6.20. The molecule has 0 bridgehead atoms. The van der Waals surface area contributed by atoms with Crippen LogP contribution in [-0.2, 0) is 4.79 Å². The van der Waals surface area contributed by atoms with Gasteiger partial charge in [0.2, 0.25) is 5.91 Å². The lowest BCUT2D eigenvalue weighted by Crippen LogP contribution is -2.46. The molecule has 2 N–H and O–H groups in total. The second kappa shape index (κ2) is 7.25. The van der Waals surface area contributed by atoms with Crippen LogP contribution in [0.3, 0.4) is 0 Å². The summed E-state index contributed by atoms with van der Waals surface area (Å²) in [5, 5.41) is 0. The van der Waals surface area contributed by atoms with Gasteiger partial charge in [-0.05, 0) is 38.6 Å². The van der Waals surface area contributed by atoms with Crippen LogP contribution in [0.15, 0.2) is 0 Å². The molecular formula is C15H29N3O. The lowest BCUT2D eigenvalue weighted by Gasteiger charge is -2.30. The van der Waals surface area contributed by atoms with Gasteiger partial charge in [0.1, 0.15) is 0 Å². The van der Waals surface area contributed by atoms with Gasteiger partial charge in [0.25, 0.3) is 0 Å². The fourth-order valence-corrected chi connectivity index (χ4v) is 3.14. The Morgan fingerprint density at radius 1 is 1.21 bits per heavy atom. The minimum Gasteiger partial charge on any atom is -0.342 e. The van der Waals surface area contributed by atoms with Crippen molar-refractivity contribution in [2.45, 2.75) is 51.0 Å². The molecule has 1 atom stereocenters. The molecule has 0 aromatic heterocycles. The predicted octanol–water partition coefficient (Wildman–Crippen LogP) is 1.45. The summed E-state index contributed by atoms with van der Waals surface area (Å²) in [4.78, 5) is 16.6. The highest BCUT2D eigenvalue weighted by atomic mass is 16.2. The van der Waals surface area contributed by atoms with Gasteiger partial charge in [-0.2, -0.15) is 0 Å². The number of likely N-dealkylation sites (tertiary alicyclic amines) is 1. The Kier molecular flexibility index (Phi) is 5.64. The van der Waals surface area contributed by atoms with Gasteiger partial charge in [0, 0.05) is 25.7 Å². The van der Waals surface area contributed by atoms with Crippen molar-refractivity contribution in [1.82, 2.24) is 9.80 Å². The number of rotatable bonds is 5. The van der Waals surface area contributed by atoms with Gasteiger partial charge < -0.3 is 10.6 Å². The lowest BCUT2D eigenvalue weighted by atomic mass is 10.1. The third-order valence-electron chi connectivity index (χ3n) is 4.57. The van der Waals surface area contributed by atoms with Crippen molar-refractivity contribution < 1.29 is 4.79 Å². The van der Waals surface area contributed by atoms with Crippen molar-refractivity contribution in [3.63, 3.8) is 0 Å². The maximum Gasteiger partial charge on any atom is 0.236 e. The average molecular weight is 267 g/mol. The first-order chi connectivity index (χ1) is 9.22. The second-order valence-electron chi connectivity index (χ2n) is 6.20. The Balaban J connectivity index is 1.80. The molecule has 1 saturated heterocycles. The van der Waals surface area contributed by atoms with E-state index >= 15 is 0 Å². The molecule has 4 nitrogen and oxygen atoms in total. The molecule has 1 unspecified atom stereocenters. The molecule has 2 rings (SSSR count). The molecule has 1 heterocycles. The molecule has 1 amide bonds. The van der Waals surface area contributed by atoms with Gasteiger partial charge in [-0.3, -0.25) is 9.69 Å². The molecular weight excluding hydrogens is 238 g/mol. The number of likely N-dealkylation sites (N-methyl/N-ethyl adjacent to an activating group) is 1. The van der Waals surface area contributed by atoms with Gasteiger partial charge in [-0.1, -0.05) is 19.3 Å². The van der Waals surface area contributed by atoms with E-state index in [1.165, 1.54) is 44.9 Å². The fraction of sp³-hybridized carbons (Fsp3) is 0.933. The van der Waals surface area contributed by atoms with E-state index in [9.17, 15) is 4.79 Å². The SMILES string of the molecule is CN(CC(=O)N1CCCCCCC1)C(CN)C1CC1. The molecule has 19 heavy (non-hydrogen) atoms. The molecule has 1 saturated carbocycles. The standard InChI is InChI=1S/C15H29N3O/c1-17(14(11-16)13-7-8-13)12-15(19)18-9-5-3-2-4-6-10-18/h13-14H,2-12,16H2,1H3. The molecule has 2 fully saturated rings. The third kappa shape index (κ3) is 4.46. The minimum atomic E-state index is 0.295. The summed E-state index contributed by atoms with van der Waals surface area (Å²) < 4.78 is 0. The summed E-state index contributed by atoms with van der Waals surface area (Å²) in [7, 11) is 2.05.